The van der Waals surface area contributed by atoms with Crippen molar-refractivity contribution in [2.75, 3.05) is 0 Å². The van der Waals surface area contributed by atoms with Crippen LogP contribution >= 0.6 is 22.6 Å². The monoisotopic (exact) mass is 628 g/mol. The molecular weight excluding hydrogens is 605 g/mol. The summed E-state index contributed by atoms with van der Waals surface area (Å²) in [6.45, 7) is 0.527. The first kappa shape index (κ1) is 24.9. The first-order chi connectivity index (χ1) is 18.4. The van der Waals surface area contributed by atoms with E-state index in [1.54, 1.807) is 22.7 Å². The second kappa shape index (κ2) is 10.0. The average molecular weight is 628 g/mol. The van der Waals surface area contributed by atoms with Crippen LogP contribution in [0.15, 0.2) is 70.6 Å². The van der Waals surface area contributed by atoms with Crippen molar-refractivity contribution in [3.05, 3.63) is 103 Å². The molecule has 11 heteroatoms. The third-order valence-electron chi connectivity index (χ3n) is 7.06. The van der Waals surface area contributed by atoms with Crippen molar-refractivity contribution in [3.8, 4) is 5.69 Å². The van der Waals surface area contributed by atoms with Crippen LogP contribution in [0.25, 0.3) is 22.4 Å². The molecule has 0 aliphatic heterocycles. The van der Waals surface area contributed by atoms with E-state index in [1.807, 2.05) is 18.2 Å². The van der Waals surface area contributed by atoms with Crippen molar-refractivity contribution in [1.82, 2.24) is 28.8 Å². The van der Waals surface area contributed by atoms with Gasteiger partial charge >= 0.3 is 5.69 Å². The van der Waals surface area contributed by atoms with Crippen LogP contribution in [0, 0.1) is 15.2 Å². The summed E-state index contributed by atoms with van der Waals surface area (Å²) in [6, 6.07) is 11.4. The molecule has 1 aliphatic carbocycles. The van der Waals surface area contributed by atoms with Gasteiger partial charge in [0.05, 0.1) is 23.0 Å². The summed E-state index contributed by atoms with van der Waals surface area (Å²) in [5, 5.41) is 3.57. The number of hydrogen-bond donors (Lipinski definition) is 1. The summed E-state index contributed by atoms with van der Waals surface area (Å²) < 4.78 is 32.8. The number of hydrogen-bond acceptors (Lipinski definition) is 5. The Bertz CT molecular complexity index is 1790. The molecule has 0 radical (unpaired) electrons. The Labute approximate surface area is 229 Å². The van der Waals surface area contributed by atoms with E-state index in [0.717, 1.165) is 34.4 Å². The second-order valence-corrected chi connectivity index (χ2v) is 10.8. The van der Waals surface area contributed by atoms with E-state index in [9.17, 15) is 18.4 Å². The van der Waals surface area contributed by atoms with Crippen LogP contribution in [0.5, 0.6) is 0 Å². The van der Waals surface area contributed by atoms with Crippen LogP contribution in [0.3, 0.4) is 0 Å². The lowest BCUT2D eigenvalue weighted by Gasteiger charge is -2.30. The fourth-order valence-electron chi connectivity index (χ4n) is 5.24. The molecule has 1 saturated carbocycles. The highest BCUT2D eigenvalue weighted by molar-refractivity contribution is 14.1. The van der Waals surface area contributed by atoms with Crippen molar-refractivity contribution in [3.63, 3.8) is 0 Å². The normalized spacial score (nSPS) is 17.9. The van der Waals surface area contributed by atoms with Gasteiger partial charge in [-0.05, 0) is 84.7 Å². The van der Waals surface area contributed by atoms with E-state index in [0.29, 0.717) is 30.7 Å². The third kappa shape index (κ3) is 4.64. The zero-order chi connectivity index (χ0) is 26.4. The Balaban J connectivity index is 1.26. The number of aromatic nitrogens is 5. The summed E-state index contributed by atoms with van der Waals surface area (Å²) in [6.07, 6.45) is 6.94. The summed E-state index contributed by atoms with van der Waals surface area (Å²) in [4.78, 5) is 35.8. The molecular formula is C27H23F2IN6O2. The van der Waals surface area contributed by atoms with E-state index < -0.39 is 17.1 Å². The topological polar surface area (TPSA) is 86.2 Å². The van der Waals surface area contributed by atoms with E-state index >= 15 is 0 Å². The number of imidazole rings is 1. The quantitative estimate of drug-likeness (QED) is 0.293. The zero-order valence-electron chi connectivity index (χ0n) is 20.2. The molecule has 0 atom stereocenters. The van der Waals surface area contributed by atoms with Gasteiger partial charge in [0, 0.05) is 34.6 Å². The number of nitrogens with one attached hydrogen (secondary N) is 1. The number of fused-ring (bicyclic) bond motifs is 2. The molecule has 0 unspecified atom stereocenters. The lowest BCUT2D eigenvalue weighted by atomic mass is 9.91. The highest BCUT2D eigenvalue weighted by Crippen LogP contribution is 2.28. The van der Waals surface area contributed by atoms with Crippen LogP contribution in [0.2, 0.25) is 0 Å². The molecule has 1 aliphatic rings. The van der Waals surface area contributed by atoms with Crippen molar-refractivity contribution in [2.45, 2.75) is 44.3 Å². The number of benzene rings is 1. The van der Waals surface area contributed by atoms with Gasteiger partial charge in [-0.15, -0.1) is 0 Å². The van der Waals surface area contributed by atoms with E-state index in [-0.39, 0.29) is 28.9 Å². The van der Waals surface area contributed by atoms with Gasteiger partial charge in [0.15, 0.2) is 5.65 Å². The predicted octanol–water partition coefficient (Wildman–Crippen LogP) is 4.35. The van der Waals surface area contributed by atoms with E-state index in [2.05, 4.69) is 37.9 Å². The van der Waals surface area contributed by atoms with Crippen molar-refractivity contribution < 1.29 is 8.78 Å². The average Bonchev–Trinajstić information content (AvgIpc) is 3.31. The van der Waals surface area contributed by atoms with Crippen LogP contribution in [-0.4, -0.2) is 29.5 Å². The van der Waals surface area contributed by atoms with Gasteiger partial charge < -0.3 is 9.72 Å². The fraction of sp³-hybridized carbons (Fsp3) is 0.259. The third-order valence-corrected chi connectivity index (χ3v) is 7.73. The standard InChI is InChI=1S/C27H23F2IN6O2/c28-16-4-9-24-33-20(15-34(24)14-16)13-31-19-5-7-21(8-6-19)36-26(37)23-10-17(29)12-32-25(23)35(27(36)38)22-3-1-2-18(30)11-22/h1-4,9-12,14-15,19,21,31H,5-8,13H2. The molecule has 194 valence electrons. The summed E-state index contributed by atoms with van der Waals surface area (Å²) in [7, 11) is 0. The molecule has 5 aromatic rings. The van der Waals surface area contributed by atoms with Gasteiger partial charge in [-0.2, -0.15) is 0 Å². The van der Waals surface area contributed by atoms with Gasteiger partial charge in [0.25, 0.3) is 5.56 Å². The molecule has 0 spiro atoms. The van der Waals surface area contributed by atoms with Crippen LogP contribution in [0.4, 0.5) is 8.78 Å². The molecule has 1 N–H and O–H groups in total. The maximum Gasteiger partial charge on any atom is 0.337 e. The minimum atomic E-state index is -0.628. The van der Waals surface area contributed by atoms with Gasteiger partial charge in [-0.3, -0.25) is 9.36 Å². The molecule has 38 heavy (non-hydrogen) atoms. The molecule has 0 bridgehead atoms. The first-order valence-electron chi connectivity index (χ1n) is 12.3. The summed E-state index contributed by atoms with van der Waals surface area (Å²) in [5.41, 5.74) is 1.20. The smallest absolute Gasteiger partial charge is 0.308 e. The number of nitrogens with zero attached hydrogens (tertiary/aromatic N) is 5. The van der Waals surface area contributed by atoms with Gasteiger partial charge in [0.1, 0.15) is 17.3 Å². The Kier molecular flexibility index (Phi) is 6.56. The van der Waals surface area contributed by atoms with Crippen LogP contribution < -0.4 is 16.6 Å². The second-order valence-electron chi connectivity index (χ2n) is 9.53. The summed E-state index contributed by atoms with van der Waals surface area (Å²) in [5.74, 6) is -0.951. The van der Waals surface area contributed by atoms with Gasteiger partial charge in [0.2, 0.25) is 0 Å². The number of rotatable bonds is 5. The van der Waals surface area contributed by atoms with Gasteiger partial charge in [-0.25, -0.2) is 28.1 Å². The molecule has 1 fully saturated rings. The molecule has 8 nitrogen and oxygen atoms in total. The largest absolute Gasteiger partial charge is 0.337 e. The molecule has 4 heterocycles. The SMILES string of the molecule is O=c1c2cc(F)cnc2n(-c2cccc(I)c2)c(=O)n1C1CCC(NCc2cn3cc(F)ccc3n2)CC1. The van der Waals surface area contributed by atoms with Crippen LogP contribution in [-0.2, 0) is 6.54 Å². The Hall–Kier alpha value is -3.45. The molecule has 0 saturated heterocycles. The minimum absolute atomic E-state index is 0.0759. The summed E-state index contributed by atoms with van der Waals surface area (Å²) >= 11 is 2.16. The number of pyridine rings is 2. The lowest BCUT2D eigenvalue weighted by Crippen LogP contribution is -2.44. The Morgan fingerprint density at radius 2 is 1.82 bits per heavy atom. The molecule has 6 rings (SSSR count). The fourth-order valence-corrected chi connectivity index (χ4v) is 5.77. The van der Waals surface area contributed by atoms with Crippen molar-refractivity contribution >= 4 is 39.3 Å². The highest BCUT2D eigenvalue weighted by Gasteiger charge is 2.27. The molecule has 4 aromatic heterocycles. The first-order valence-corrected chi connectivity index (χ1v) is 13.4. The van der Waals surface area contributed by atoms with Crippen molar-refractivity contribution in [2.24, 2.45) is 0 Å². The van der Waals surface area contributed by atoms with Crippen molar-refractivity contribution in [1.29, 1.82) is 0 Å². The molecule has 0 amide bonds. The van der Waals surface area contributed by atoms with E-state index in [4.69, 9.17) is 0 Å². The van der Waals surface area contributed by atoms with Crippen LogP contribution in [0.1, 0.15) is 37.4 Å². The zero-order valence-corrected chi connectivity index (χ0v) is 22.3. The van der Waals surface area contributed by atoms with E-state index in [1.165, 1.54) is 21.4 Å². The highest BCUT2D eigenvalue weighted by atomic mass is 127. The predicted molar refractivity (Wildman–Crippen MR) is 148 cm³/mol. The number of halogens is 3. The maximum absolute atomic E-state index is 14.1. The lowest BCUT2D eigenvalue weighted by molar-refractivity contribution is 0.279. The minimum Gasteiger partial charge on any atom is -0.308 e. The Morgan fingerprint density at radius 1 is 1.00 bits per heavy atom. The molecule has 1 aromatic carbocycles. The maximum atomic E-state index is 14.1. The Morgan fingerprint density at radius 3 is 2.61 bits per heavy atom. The van der Waals surface area contributed by atoms with Gasteiger partial charge in [-0.1, -0.05) is 6.07 Å².